The van der Waals surface area contributed by atoms with E-state index in [9.17, 15) is 17.6 Å². The molecule has 0 radical (unpaired) electrons. The average Bonchev–Trinajstić information content (AvgIpc) is 2.45. The highest BCUT2D eigenvalue weighted by atomic mass is 35.5. The number of halogens is 2. The van der Waals surface area contributed by atoms with Crippen molar-refractivity contribution in [3.8, 4) is 0 Å². The molecule has 1 N–H and O–H groups in total. The number of carbonyl (C=O) groups excluding carboxylic acids is 1. The summed E-state index contributed by atoms with van der Waals surface area (Å²) < 4.78 is 37.1. The molecule has 1 aliphatic rings. The average molecular weight is 350 g/mol. The summed E-state index contributed by atoms with van der Waals surface area (Å²) in [5.41, 5.74) is 0.478. The Kier molecular flexibility index (Phi) is 5.25. The van der Waals surface area contributed by atoms with Crippen molar-refractivity contribution in [2.45, 2.75) is 0 Å². The molecule has 1 saturated heterocycles. The first-order chi connectivity index (χ1) is 10.3. The molecule has 2 rings (SSSR count). The molecule has 0 aliphatic carbocycles. The number of hydrogen-bond donors (Lipinski definition) is 1. The van der Waals surface area contributed by atoms with Gasteiger partial charge in [-0.2, -0.15) is 4.31 Å². The van der Waals surface area contributed by atoms with Gasteiger partial charge in [0.25, 0.3) is 0 Å². The molecule has 1 aromatic carbocycles. The van der Waals surface area contributed by atoms with Crippen molar-refractivity contribution in [2.75, 3.05) is 44.3 Å². The predicted molar refractivity (Wildman–Crippen MR) is 82.9 cm³/mol. The van der Waals surface area contributed by atoms with E-state index in [1.165, 1.54) is 22.5 Å². The summed E-state index contributed by atoms with van der Waals surface area (Å²) in [5, 5.41) is 3.06. The monoisotopic (exact) mass is 349 g/mol. The van der Waals surface area contributed by atoms with Crippen LogP contribution >= 0.6 is 11.6 Å². The Labute approximate surface area is 133 Å². The Morgan fingerprint density at radius 1 is 1.32 bits per heavy atom. The molecule has 0 unspecified atom stereocenters. The van der Waals surface area contributed by atoms with Gasteiger partial charge in [0.1, 0.15) is 5.82 Å². The van der Waals surface area contributed by atoms with Crippen LogP contribution in [-0.2, 0) is 14.8 Å². The van der Waals surface area contributed by atoms with Gasteiger partial charge >= 0.3 is 0 Å². The van der Waals surface area contributed by atoms with Crippen molar-refractivity contribution in [1.82, 2.24) is 9.21 Å². The number of hydrogen-bond acceptors (Lipinski definition) is 4. The number of piperazine rings is 1. The molecule has 122 valence electrons. The van der Waals surface area contributed by atoms with E-state index in [0.29, 0.717) is 31.9 Å². The van der Waals surface area contributed by atoms with Gasteiger partial charge in [-0.1, -0.05) is 11.6 Å². The van der Waals surface area contributed by atoms with E-state index in [1.807, 2.05) is 0 Å². The Balaban J connectivity index is 1.86. The molecule has 1 heterocycles. The number of carbonyl (C=O) groups is 1. The van der Waals surface area contributed by atoms with Crippen LogP contribution in [0.3, 0.4) is 0 Å². The highest BCUT2D eigenvalue weighted by Gasteiger charge is 2.25. The molecule has 0 saturated carbocycles. The lowest BCUT2D eigenvalue weighted by atomic mass is 10.3. The molecule has 1 fully saturated rings. The van der Waals surface area contributed by atoms with Gasteiger partial charge in [0.05, 0.1) is 23.5 Å². The van der Waals surface area contributed by atoms with Gasteiger partial charge in [0.2, 0.25) is 15.9 Å². The maximum Gasteiger partial charge on any atom is 0.241 e. The highest BCUT2D eigenvalue weighted by Crippen LogP contribution is 2.22. The topological polar surface area (TPSA) is 69.7 Å². The number of anilines is 1. The zero-order valence-electron chi connectivity index (χ0n) is 12.1. The standard InChI is InChI=1S/C13H17ClFN3O3S/c1-22(20,21)18-6-4-17(5-7-18)13(19)9-16-12-3-2-10(15)8-11(12)14/h2-3,8,16H,4-7,9H2,1H3. The Morgan fingerprint density at radius 3 is 2.50 bits per heavy atom. The highest BCUT2D eigenvalue weighted by molar-refractivity contribution is 7.88. The van der Waals surface area contributed by atoms with Crippen molar-refractivity contribution in [3.05, 3.63) is 29.0 Å². The lowest BCUT2D eigenvalue weighted by Crippen LogP contribution is -2.51. The van der Waals surface area contributed by atoms with Crippen LogP contribution in [0, 0.1) is 5.82 Å². The normalized spacial score (nSPS) is 16.6. The van der Waals surface area contributed by atoms with Crippen LogP contribution in [0.1, 0.15) is 0 Å². The third kappa shape index (κ3) is 4.31. The summed E-state index contributed by atoms with van der Waals surface area (Å²) >= 11 is 5.87. The van der Waals surface area contributed by atoms with Crippen molar-refractivity contribution < 1.29 is 17.6 Å². The molecule has 22 heavy (non-hydrogen) atoms. The lowest BCUT2D eigenvalue weighted by molar-refractivity contribution is -0.130. The second kappa shape index (κ2) is 6.80. The third-order valence-corrected chi connectivity index (χ3v) is 5.04. The van der Waals surface area contributed by atoms with Crippen LogP contribution < -0.4 is 5.32 Å². The Bertz CT molecular complexity index is 660. The summed E-state index contributed by atoms with van der Waals surface area (Å²) in [6.07, 6.45) is 1.16. The van der Waals surface area contributed by atoms with Gasteiger partial charge in [0.15, 0.2) is 0 Å². The maximum absolute atomic E-state index is 12.9. The molecule has 6 nitrogen and oxygen atoms in total. The zero-order valence-corrected chi connectivity index (χ0v) is 13.6. The number of nitrogens with zero attached hydrogens (tertiary/aromatic N) is 2. The van der Waals surface area contributed by atoms with E-state index in [2.05, 4.69) is 5.32 Å². The fourth-order valence-electron chi connectivity index (χ4n) is 2.18. The molecule has 1 aromatic rings. The van der Waals surface area contributed by atoms with Gasteiger partial charge in [0, 0.05) is 26.2 Å². The van der Waals surface area contributed by atoms with E-state index < -0.39 is 15.8 Å². The van der Waals surface area contributed by atoms with Crippen molar-refractivity contribution in [1.29, 1.82) is 0 Å². The fourth-order valence-corrected chi connectivity index (χ4v) is 3.25. The van der Waals surface area contributed by atoms with E-state index in [4.69, 9.17) is 11.6 Å². The van der Waals surface area contributed by atoms with Gasteiger partial charge in [-0.15, -0.1) is 0 Å². The molecular weight excluding hydrogens is 333 g/mol. The summed E-state index contributed by atoms with van der Waals surface area (Å²) in [5.74, 6) is -0.604. The number of amides is 1. The molecular formula is C13H17ClFN3O3S. The predicted octanol–water partition coefficient (Wildman–Crippen LogP) is 0.995. The van der Waals surface area contributed by atoms with Gasteiger partial charge in [-0.25, -0.2) is 12.8 Å². The zero-order chi connectivity index (χ0) is 16.3. The minimum Gasteiger partial charge on any atom is -0.375 e. The molecule has 0 spiro atoms. The first-order valence-electron chi connectivity index (χ1n) is 6.69. The molecule has 0 bridgehead atoms. The van der Waals surface area contributed by atoms with E-state index >= 15 is 0 Å². The van der Waals surface area contributed by atoms with Gasteiger partial charge < -0.3 is 10.2 Å². The van der Waals surface area contributed by atoms with Gasteiger partial charge in [-0.3, -0.25) is 4.79 Å². The van der Waals surface area contributed by atoms with Crippen LogP contribution in [0.15, 0.2) is 18.2 Å². The summed E-state index contributed by atoms with van der Waals surface area (Å²) in [4.78, 5) is 13.7. The molecule has 1 aliphatic heterocycles. The van der Waals surface area contributed by atoms with Gasteiger partial charge in [-0.05, 0) is 18.2 Å². The largest absolute Gasteiger partial charge is 0.375 e. The number of nitrogens with one attached hydrogen (secondary N) is 1. The first-order valence-corrected chi connectivity index (χ1v) is 8.92. The van der Waals surface area contributed by atoms with Crippen molar-refractivity contribution in [2.24, 2.45) is 0 Å². The third-order valence-electron chi connectivity index (χ3n) is 3.42. The van der Waals surface area contributed by atoms with Crippen molar-refractivity contribution >= 4 is 33.2 Å². The summed E-state index contributed by atoms with van der Waals surface area (Å²) in [7, 11) is -3.21. The molecule has 1 amide bonds. The van der Waals surface area contributed by atoms with Crippen molar-refractivity contribution in [3.63, 3.8) is 0 Å². The Hall–Kier alpha value is -1.38. The molecule has 0 atom stereocenters. The number of benzene rings is 1. The van der Waals surface area contributed by atoms with Crippen LogP contribution in [0.2, 0.25) is 5.02 Å². The quantitative estimate of drug-likeness (QED) is 0.880. The van der Waals surface area contributed by atoms with E-state index in [0.717, 1.165) is 6.26 Å². The minimum atomic E-state index is -3.21. The lowest BCUT2D eigenvalue weighted by Gasteiger charge is -2.33. The van der Waals surface area contributed by atoms with Crippen LogP contribution in [-0.4, -0.2) is 62.5 Å². The maximum atomic E-state index is 12.9. The smallest absolute Gasteiger partial charge is 0.241 e. The molecule has 0 aromatic heterocycles. The number of rotatable bonds is 4. The minimum absolute atomic E-state index is 0.0181. The van der Waals surface area contributed by atoms with E-state index in [-0.39, 0.29) is 17.5 Å². The summed E-state index contributed by atoms with van der Waals surface area (Å²) in [6.45, 7) is 1.31. The van der Waals surface area contributed by atoms with Crippen LogP contribution in [0.5, 0.6) is 0 Å². The number of sulfonamides is 1. The molecule has 9 heteroatoms. The fraction of sp³-hybridized carbons (Fsp3) is 0.462. The SMILES string of the molecule is CS(=O)(=O)N1CCN(C(=O)CNc2ccc(F)cc2Cl)CC1. The summed E-state index contributed by atoms with van der Waals surface area (Å²) in [6, 6.07) is 3.88. The van der Waals surface area contributed by atoms with Crippen LogP contribution in [0.25, 0.3) is 0 Å². The second-order valence-electron chi connectivity index (χ2n) is 5.02. The second-order valence-corrected chi connectivity index (χ2v) is 7.41. The first kappa shape index (κ1) is 17.0. The van der Waals surface area contributed by atoms with E-state index in [1.54, 1.807) is 4.90 Å². The Morgan fingerprint density at radius 2 is 1.95 bits per heavy atom. The van der Waals surface area contributed by atoms with Crippen LogP contribution in [0.4, 0.5) is 10.1 Å².